The fraction of sp³-hybridized carbons (Fsp3) is 0.412. The van der Waals surface area contributed by atoms with Crippen LogP contribution in [-0.4, -0.2) is 49.4 Å². The van der Waals surface area contributed by atoms with Gasteiger partial charge in [-0.1, -0.05) is 12.2 Å². The van der Waals surface area contributed by atoms with E-state index in [1.54, 1.807) is 12.3 Å². The molecule has 24 heavy (non-hydrogen) atoms. The summed E-state index contributed by atoms with van der Waals surface area (Å²) < 4.78 is 0. The van der Waals surface area contributed by atoms with Crippen molar-refractivity contribution in [2.45, 2.75) is 19.4 Å². The number of hydrogen-bond acceptors (Lipinski definition) is 5. The third-order valence-electron chi connectivity index (χ3n) is 4.36. The Hall–Kier alpha value is -2.54. The molecule has 0 aromatic heterocycles. The Morgan fingerprint density at radius 3 is 3.21 bits per heavy atom. The van der Waals surface area contributed by atoms with E-state index in [0.717, 1.165) is 31.8 Å². The topological polar surface area (TPSA) is 85.5 Å². The van der Waals surface area contributed by atoms with Crippen molar-refractivity contribution in [1.29, 1.82) is 0 Å². The SMILES string of the molecule is CC1NC=C(NC(=O)CN2CCC3=C(C2)NCC=C3)C=C1NC=O. The molecule has 0 bridgehead atoms. The highest BCUT2D eigenvalue weighted by atomic mass is 16.2. The van der Waals surface area contributed by atoms with Gasteiger partial charge in [0.1, 0.15) is 0 Å². The summed E-state index contributed by atoms with van der Waals surface area (Å²) in [5, 5.41) is 12.0. The van der Waals surface area contributed by atoms with Crippen LogP contribution in [0.3, 0.4) is 0 Å². The van der Waals surface area contributed by atoms with Gasteiger partial charge in [-0.05, 0) is 25.0 Å². The van der Waals surface area contributed by atoms with Crippen LogP contribution in [0.15, 0.2) is 47.1 Å². The van der Waals surface area contributed by atoms with E-state index in [0.29, 0.717) is 18.7 Å². The molecule has 0 radical (unpaired) electrons. The highest BCUT2D eigenvalue weighted by molar-refractivity contribution is 5.80. The number of nitrogens with zero attached hydrogens (tertiary/aromatic N) is 1. The lowest BCUT2D eigenvalue weighted by Crippen LogP contribution is -2.43. The van der Waals surface area contributed by atoms with E-state index in [-0.39, 0.29) is 11.9 Å². The molecule has 0 spiro atoms. The fourth-order valence-electron chi connectivity index (χ4n) is 3.05. The average Bonchev–Trinajstić information content (AvgIpc) is 2.58. The molecule has 0 aromatic carbocycles. The largest absolute Gasteiger partial charge is 0.384 e. The number of carbonyl (C=O) groups is 2. The molecule has 0 saturated heterocycles. The van der Waals surface area contributed by atoms with Gasteiger partial charge in [-0.25, -0.2) is 0 Å². The number of nitrogens with one attached hydrogen (secondary N) is 4. The van der Waals surface area contributed by atoms with Crippen LogP contribution in [0.2, 0.25) is 0 Å². The molecule has 4 N–H and O–H groups in total. The maximum Gasteiger partial charge on any atom is 0.238 e. The highest BCUT2D eigenvalue weighted by Gasteiger charge is 2.21. The van der Waals surface area contributed by atoms with Crippen molar-refractivity contribution in [1.82, 2.24) is 26.2 Å². The van der Waals surface area contributed by atoms with Crippen LogP contribution in [0.5, 0.6) is 0 Å². The Labute approximate surface area is 141 Å². The van der Waals surface area contributed by atoms with E-state index in [2.05, 4.69) is 38.3 Å². The van der Waals surface area contributed by atoms with Crippen molar-refractivity contribution in [2.75, 3.05) is 26.2 Å². The van der Waals surface area contributed by atoms with E-state index in [1.165, 1.54) is 11.3 Å². The van der Waals surface area contributed by atoms with Crippen molar-refractivity contribution < 1.29 is 9.59 Å². The first kappa shape index (κ1) is 16.3. The second kappa shape index (κ2) is 7.35. The molecule has 3 heterocycles. The minimum Gasteiger partial charge on any atom is -0.384 e. The minimum atomic E-state index is -0.0605. The molecule has 128 valence electrons. The molecule has 3 aliphatic heterocycles. The van der Waals surface area contributed by atoms with E-state index in [1.807, 2.05) is 6.92 Å². The van der Waals surface area contributed by atoms with Crippen LogP contribution in [-0.2, 0) is 9.59 Å². The summed E-state index contributed by atoms with van der Waals surface area (Å²) >= 11 is 0. The Morgan fingerprint density at radius 1 is 1.50 bits per heavy atom. The molecule has 0 saturated carbocycles. The molecule has 2 amide bonds. The van der Waals surface area contributed by atoms with Gasteiger partial charge in [0.15, 0.2) is 0 Å². The summed E-state index contributed by atoms with van der Waals surface area (Å²) in [5.74, 6) is -0.0605. The van der Waals surface area contributed by atoms with Gasteiger partial charge < -0.3 is 21.3 Å². The number of amides is 2. The zero-order chi connectivity index (χ0) is 16.9. The van der Waals surface area contributed by atoms with Crippen LogP contribution in [0.4, 0.5) is 0 Å². The predicted octanol–water partition coefficient (Wildman–Crippen LogP) is -0.315. The monoisotopic (exact) mass is 329 g/mol. The van der Waals surface area contributed by atoms with E-state index in [4.69, 9.17) is 0 Å². The number of carbonyl (C=O) groups excluding carboxylic acids is 2. The van der Waals surface area contributed by atoms with Crippen LogP contribution >= 0.6 is 0 Å². The Kier molecular flexibility index (Phi) is 5.00. The standard InChI is InChI=1S/C17H23N5O2/c1-12-15(20-11-23)7-14(8-19-12)21-17(24)10-22-6-4-13-3-2-5-18-16(13)9-22/h2-3,7-8,11-12,18-19H,4-6,9-10H2,1H3,(H,20,23)(H,21,24). The molecule has 0 aliphatic carbocycles. The first-order chi connectivity index (χ1) is 11.7. The van der Waals surface area contributed by atoms with Gasteiger partial charge in [0.25, 0.3) is 0 Å². The molecule has 1 unspecified atom stereocenters. The predicted molar refractivity (Wildman–Crippen MR) is 91.3 cm³/mol. The zero-order valence-corrected chi connectivity index (χ0v) is 13.8. The summed E-state index contributed by atoms with van der Waals surface area (Å²) in [7, 11) is 0. The second-order valence-corrected chi connectivity index (χ2v) is 6.15. The Balaban J connectivity index is 1.54. The lowest BCUT2D eigenvalue weighted by Gasteiger charge is -2.31. The molecule has 7 heteroatoms. The van der Waals surface area contributed by atoms with Gasteiger partial charge in [0.2, 0.25) is 12.3 Å². The number of dihydropyridines is 2. The first-order valence-corrected chi connectivity index (χ1v) is 8.18. The van der Waals surface area contributed by atoms with Gasteiger partial charge in [-0.15, -0.1) is 0 Å². The van der Waals surface area contributed by atoms with Crippen LogP contribution in [0, 0.1) is 0 Å². The van der Waals surface area contributed by atoms with Gasteiger partial charge in [-0.2, -0.15) is 0 Å². The number of hydrogen-bond donors (Lipinski definition) is 4. The number of rotatable bonds is 5. The third kappa shape index (κ3) is 3.86. The molecule has 0 fully saturated rings. The normalized spacial score (nSPS) is 23.3. The molecule has 0 aromatic rings. The molecular formula is C17H23N5O2. The first-order valence-electron chi connectivity index (χ1n) is 8.18. The fourth-order valence-corrected chi connectivity index (χ4v) is 3.05. The van der Waals surface area contributed by atoms with Crippen molar-refractivity contribution in [3.05, 3.63) is 47.1 Å². The molecular weight excluding hydrogens is 306 g/mol. The van der Waals surface area contributed by atoms with Crippen LogP contribution in [0.25, 0.3) is 0 Å². The summed E-state index contributed by atoms with van der Waals surface area (Å²) in [6.45, 7) is 4.78. The summed E-state index contributed by atoms with van der Waals surface area (Å²) in [4.78, 5) is 25.0. The van der Waals surface area contributed by atoms with Gasteiger partial charge in [0, 0.05) is 37.2 Å². The minimum absolute atomic E-state index is 0.00809. The average molecular weight is 329 g/mol. The summed E-state index contributed by atoms with van der Waals surface area (Å²) in [6.07, 6.45) is 9.43. The maximum atomic E-state index is 12.3. The lowest BCUT2D eigenvalue weighted by molar-refractivity contribution is -0.121. The number of allylic oxidation sites excluding steroid dienone is 2. The van der Waals surface area contributed by atoms with E-state index >= 15 is 0 Å². The van der Waals surface area contributed by atoms with Crippen molar-refractivity contribution >= 4 is 12.3 Å². The molecule has 7 nitrogen and oxygen atoms in total. The maximum absolute atomic E-state index is 12.3. The lowest BCUT2D eigenvalue weighted by atomic mass is 10.0. The molecule has 3 rings (SSSR count). The van der Waals surface area contributed by atoms with Crippen LogP contribution < -0.4 is 21.3 Å². The van der Waals surface area contributed by atoms with E-state index < -0.39 is 0 Å². The van der Waals surface area contributed by atoms with Gasteiger partial charge in [0.05, 0.1) is 18.3 Å². The van der Waals surface area contributed by atoms with E-state index in [9.17, 15) is 9.59 Å². The third-order valence-corrected chi connectivity index (χ3v) is 4.36. The van der Waals surface area contributed by atoms with Crippen molar-refractivity contribution in [3.8, 4) is 0 Å². The quantitative estimate of drug-likeness (QED) is 0.520. The highest BCUT2D eigenvalue weighted by Crippen LogP contribution is 2.19. The Bertz CT molecular complexity index is 647. The Morgan fingerprint density at radius 2 is 2.38 bits per heavy atom. The second-order valence-electron chi connectivity index (χ2n) is 6.15. The molecule has 1 atom stereocenters. The van der Waals surface area contributed by atoms with Gasteiger partial charge >= 0.3 is 0 Å². The molecule has 3 aliphatic rings. The van der Waals surface area contributed by atoms with Gasteiger partial charge in [-0.3, -0.25) is 14.5 Å². The smallest absolute Gasteiger partial charge is 0.238 e. The van der Waals surface area contributed by atoms with Crippen molar-refractivity contribution in [2.24, 2.45) is 0 Å². The summed E-state index contributed by atoms with van der Waals surface area (Å²) in [5.41, 5.74) is 3.95. The van der Waals surface area contributed by atoms with Crippen molar-refractivity contribution in [3.63, 3.8) is 0 Å². The zero-order valence-electron chi connectivity index (χ0n) is 13.8. The van der Waals surface area contributed by atoms with Crippen LogP contribution in [0.1, 0.15) is 13.3 Å². The summed E-state index contributed by atoms with van der Waals surface area (Å²) in [6, 6.07) is 0.00809.